The van der Waals surface area contributed by atoms with Crippen LogP contribution in [0.25, 0.3) is 0 Å². The summed E-state index contributed by atoms with van der Waals surface area (Å²) in [5, 5.41) is 9.51. The number of benzene rings is 1. The van der Waals surface area contributed by atoms with Crippen molar-refractivity contribution >= 4 is 0 Å². The molecule has 1 aliphatic heterocycles. The van der Waals surface area contributed by atoms with E-state index in [1.165, 1.54) is 0 Å². The number of nitrogens with two attached hydrogens (primary N) is 1. The lowest BCUT2D eigenvalue weighted by atomic mass is 9.91. The van der Waals surface area contributed by atoms with Crippen LogP contribution in [0.3, 0.4) is 0 Å². The number of nitriles is 1. The monoisotopic (exact) mass is 273 g/mol. The Morgan fingerprint density at radius 2 is 2.20 bits per heavy atom. The maximum Gasteiger partial charge on any atom is 0.142 e. The van der Waals surface area contributed by atoms with Crippen LogP contribution >= 0.6 is 0 Å². The number of hydrogen-bond donors (Lipinski definition) is 1. The Morgan fingerprint density at radius 3 is 2.85 bits per heavy atom. The molecule has 1 fully saturated rings. The van der Waals surface area contributed by atoms with Gasteiger partial charge in [-0.05, 0) is 31.9 Å². The first kappa shape index (κ1) is 15.0. The summed E-state index contributed by atoms with van der Waals surface area (Å²) in [6.07, 6.45) is 2.47. The van der Waals surface area contributed by atoms with E-state index in [4.69, 9.17) is 10.5 Å². The van der Waals surface area contributed by atoms with E-state index in [-0.39, 0.29) is 6.10 Å². The molecule has 2 atom stereocenters. The SMILES string of the molecule is CCOC1CCCN(CC(N)(C#N)c2ccccc2)C1. The summed E-state index contributed by atoms with van der Waals surface area (Å²) in [5.41, 5.74) is 6.25. The molecule has 0 radical (unpaired) electrons. The van der Waals surface area contributed by atoms with Crippen molar-refractivity contribution in [2.24, 2.45) is 5.73 Å². The van der Waals surface area contributed by atoms with E-state index < -0.39 is 5.54 Å². The number of ether oxygens (including phenoxy) is 1. The third kappa shape index (κ3) is 3.57. The van der Waals surface area contributed by atoms with Gasteiger partial charge in [-0.3, -0.25) is 4.90 Å². The van der Waals surface area contributed by atoms with Crippen molar-refractivity contribution in [3.63, 3.8) is 0 Å². The van der Waals surface area contributed by atoms with E-state index in [9.17, 15) is 5.26 Å². The van der Waals surface area contributed by atoms with Gasteiger partial charge in [0.25, 0.3) is 0 Å². The standard InChI is InChI=1S/C16H23N3O/c1-2-20-15-9-6-10-19(11-15)13-16(18,12-17)14-7-4-3-5-8-14/h3-5,7-8,15H,2,6,9-11,13,18H2,1H3. The summed E-state index contributed by atoms with van der Waals surface area (Å²) in [6, 6.07) is 11.9. The van der Waals surface area contributed by atoms with Crippen LogP contribution in [-0.4, -0.2) is 37.2 Å². The van der Waals surface area contributed by atoms with E-state index in [2.05, 4.69) is 11.0 Å². The fourth-order valence-corrected chi connectivity index (χ4v) is 2.81. The van der Waals surface area contributed by atoms with Crippen LogP contribution in [0, 0.1) is 11.3 Å². The molecule has 2 N–H and O–H groups in total. The lowest BCUT2D eigenvalue weighted by molar-refractivity contribution is 0.00217. The molecule has 0 amide bonds. The van der Waals surface area contributed by atoms with Crippen molar-refractivity contribution in [3.05, 3.63) is 35.9 Å². The zero-order valence-electron chi connectivity index (χ0n) is 12.1. The van der Waals surface area contributed by atoms with Crippen molar-refractivity contribution in [2.45, 2.75) is 31.4 Å². The van der Waals surface area contributed by atoms with Crippen molar-refractivity contribution in [2.75, 3.05) is 26.2 Å². The van der Waals surface area contributed by atoms with Gasteiger partial charge in [0.05, 0.1) is 12.2 Å². The molecular weight excluding hydrogens is 250 g/mol. The largest absolute Gasteiger partial charge is 0.377 e. The minimum absolute atomic E-state index is 0.271. The second-order valence-corrected chi connectivity index (χ2v) is 5.40. The third-order valence-electron chi connectivity index (χ3n) is 3.83. The molecule has 0 bridgehead atoms. The normalized spacial score (nSPS) is 22.9. The average molecular weight is 273 g/mol. The van der Waals surface area contributed by atoms with Crippen LogP contribution in [0.1, 0.15) is 25.3 Å². The molecule has 2 unspecified atom stereocenters. The minimum atomic E-state index is -0.949. The second-order valence-electron chi connectivity index (χ2n) is 5.40. The maximum absolute atomic E-state index is 9.51. The van der Waals surface area contributed by atoms with Gasteiger partial charge in [0.1, 0.15) is 5.54 Å². The summed E-state index contributed by atoms with van der Waals surface area (Å²) in [5.74, 6) is 0. The molecule has 1 aliphatic rings. The van der Waals surface area contributed by atoms with E-state index in [0.29, 0.717) is 6.54 Å². The first-order valence-electron chi connectivity index (χ1n) is 7.27. The highest BCUT2D eigenvalue weighted by atomic mass is 16.5. The summed E-state index contributed by atoms with van der Waals surface area (Å²) >= 11 is 0. The number of hydrogen-bond acceptors (Lipinski definition) is 4. The third-order valence-corrected chi connectivity index (χ3v) is 3.83. The quantitative estimate of drug-likeness (QED) is 0.889. The van der Waals surface area contributed by atoms with Crippen LogP contribution in [0.15, 0.2) is 30.3 Å². The van der Waals surface area contributed by atoms with E-state index >= 15 is 0 Å². The summed E-state index contributed by atoms with van der Waals surface area (Å²) in [7, 11) is 0. The fourth-order valence-electron chi connectivity index (χ4n) is 2.81. The van der Waals surface area contributed by atoms with Crippen LogP contribution in [-0.2, 0) is 10.3 Å². The first-order valence-corrected chi connectivity index (χ1v) is 7.27. The van der Waals surface area contributed by atoms with Gasteiger partial charge in [-0.15, -0.1) is 0 Å². The number of nitrogens with zero attached hydrogens (tertiary/aromatic N) is 2. The predicted molar refractivity (Wildman–Crippen MR) is 79.0 cm³/mol. The van der Waals surface area contributed by atoms with Gasteiger partial charge in [0, 0.05) is 19.7 Å². The second kappa shape index (κ2) is 6.85. The number of rotatable bonds is 5. The molecule has 1 heterocycles. The molecule has 4 nitrogen and oxygen atoms in total. The lowest BCUT2D eigenvalue weighted by Crippen LogP contribution is -2.50. The van der Waals surface area contributed by atoms with E-state index in [1.54, 1.807) is 0 Å². The smallest absolute Gasteiger partial charge is 0.142 e. The number of likely N-dealkylation sites (tertiary alicyclic amines) is 1. The van der Waals surface area contributed by atoms with E-state index in [1.807, 2.05) is 37.3 Å². The molecule has 1 saturated heterocycles. The molecule has 0 spiro atoms. The minimum Gasteiger partial charge on any atom is -0.377 e. The van der Waals surface area contributed by atoms with Crippen molar-refractivity contribution in [1.82, 2.24) is 4.90 Å². The molecule has 1 aromatic carbocycles. The van der Waals surface area contributed by atoms with Crippen molar-refractivity contribution in [1.29, 1.82) is 5.26 Å². The molecule has 2 rings (SSSR count). The van der Waals surface area contributed by atoms with Crippen LogP contribution in [0.2, 0.25) is 0 Å². The van der Waals surface area contributed by atoms with Gasteiger partial charge in [-0.25, -0.2) is 0 Å². The van der Waals surface area contributed by atoms with Gasteiger partial charge in [-0.1, -0.05) is 30.3 Å². The Kier molecular flexibility index (Phi) is 5.13. The number of piperidine rings is 1. The molecule has 0 aliphatic carbocycles. The molecule has 0 aromatic heterocycles. The van der Waals surface area contributed by atoms with Crippen LogP contribution in [0.5, 0.6) is 0 Å². The molecule has 4 heteroatoms. The summed E-state index contributed by atoms with van der Waals surface area (Å²) in [6.45, 7) is 5.16. The molecular formula is C16H23N3O. The van der Waals surface area contributed by atoms with Crippen LogP contribution in [0.4, 0.5) is 0 Å². The zero-order chi connectivity index (χ0) is 14.4. The van der Waals surface area contributed by atoms with Gasteiger partial charge in [0.15, 0.2) is 0 Å². The van der Waals surface area contributed by atoms with Gasteiger partial charge >= 0.3 is 0 Å². The van der Waals surface area contributed by atoms with Gasteiger partial charge in [-0.2, -0.15) is 5.26 Å². The molecule has 108 valence electrons. The highest BCUT2D eigenvalue weighted by Crippen LogP contribution is 2.22. The maximum atomic E-state index is 9.51. The Hall–Kier alpha value is -1.41. The zero-order valence-corrected chi connectivity index (χ0v) is 12.1. The van der Waals surface area contributed by atoms with Gasteiger partial charge in [0.2, 0.25) is 0 Å². The Bertz CT molecular complexity index is 455. The van der Waals surface area contributed by atoms with Crippen molar-refractivity contribution < 1.29 is 4.74 Å². The fraction of sp³-hybridized carbons (Fsp3) is 0.562. The van der Waals surface area contributed by atoms with Crippen LogP contribution < -0.4 is 5.73 Å². The Labute approximate surface area is 121 Å². The van der Waals surface area contributed by atoms with Crippen molar-refractivity contribution in [3.8, 4) is 6.07 Å². The Balaban J connectivity index is 2.05. The molecule has 1 aromatic rings. The lowest BCUT2D eigenvalue weighted by Gasteiger charge is -2.36. The summed E-state index contributed by atoms with van der Waals surface area (Å²) in [4.78, 5) is 2.25. The van der Waals surface area contributed by atoms with Gasteiger partial charge < -0.3 is 10.5 Å². The average Bonchev–Trinajstić information content (AvgIpc) is 2.49. The summed E-state index contributed by atoms with van der Waals surface area (Å²) < 4.78 is 5.70. The molecule has 0 saturated carbocycles. The predicted octanol–water partition coefficient (Wildman–Crippen LogP) is 1.87. The highest BCUT2D eigenvalue weighted by Gasteiger charge is 2.32. The van der Waals surface area contributed by atoms with E-state index in [0.717, 1.165) is 38.1 Å². The Morgan fingerprint density at radius 1 is 1.45 bits per heavy atom. The first-order chi connectivity index (χ1) is 9.68. The highest BCUT2D eigenvalue weighted by molar-refractivity contribution is 5.31. The topological polar surface area (TPSA) is 62.3 Å². The molecule has 20 heavy (non-hydrogen) atoms.